The molecule has 0 saturated carbocycles. The molecule has 0 aliphatic rings. The number of anilines is 1. The summed E-state index contributed by atoms with van der Waals surface area (Å²) < 4.78 is 0. The summed E-state index contributed by atoms with van der Waals surface area (Å²) in [6.07, 6.45) is 1.23. The summed E-state index contributed by atoms with van der Waals surface area (Å²) >= 11 is 7.81. The first-order chi connectivity index (χ1) is 9.06. The van der Waals surface area contributed by atoms with Crippen molar-refractivity contribution in [3.8, 4) is 0 Å². The lowest BCUT2D eigenvalue weighted by atomic mass is 10.1. The second kappa shape index (κ2) is 6.22. The molecule has 4 heteroatoms. The van der Waals surface area contributed by atoms with Crippen molar-refractivity contribution in [1.82, 2.24) is 0 Å². The highest BCUT2D eigenvalue weighted by Crippen LogP contribution is 2.27. The van der Waals surface area contributed by atoms with E-state index >= 15 is 0 Å². The van der Waals surface area contributed by atoms with E-state index in [1.807, 2.05) is 37.4 Å². The van der Waals surface area contributed by atoms with Crippen LogP contribution in [0.1, 0.15) is 23.1 Å². The molecule has 1 aromatic heterocycles. The quantitative estimate of drug-likeness (QED) is 0.877. The number of halogens is 1. The molecule has 1 aromatic carbocycles. The zero-order valence-electron chi connectivity index (χ0n) is 11.0. The third kappa shape index (κ3) is 3.82. The van der Waals surface area contributed by atoms with E-state index in [1.54, 1.807) is 11.3 Å². The molecule has 2 nitrogen and oxygen atoms in total. The second-order valence-electron chi connectivity index (χ2n) is 4.62. The maximum atomic E-state index is 11.9. The van der Waals surface area contributed by atoms with E-state index in [0.29, 0.717) is 11.4 Å². The third-order valence-electron chi connectivity index (χ3n) is 2.92. The average Bonchev–Trinajstić information content (AvgIpc) is 2.84. The van der Waals surface area contributed by atoms with Crippen LogP contribution in [0.5, 0.6) is 0 Å². The standard InChI is InChI=1S/C15H16ClNOS/c1-10-7-11(2)15(13(16)8-10)17-14(18)4-3-12-5-6-19-9-12/h5-9H,3-4H2,1-2H3,(H,17,18). The molecule has 0 unspecified atom stereocenters. The first-order valence-electron chi connectivity index (χ1n) is 6.14. The minimum atomic E-state index is 0.0000491. The topological polar surface area (TPSA) is 29.1 Å². The molecule has 0 bridgehead atoms. The molecule has 100 valence electrons. The van der Waals surface area contributed by atoms with Gasteiger partial charge in [-0.15, -0.1) is 0 Å². The summed E-state index contributed by atoms with van der Waals surface area (Å²) in [5.41, 5.74) is 4.02. The Morgan fingerprint density at radius 2 is 2.16 bits per heavy atom. The fraction of sp³-hybridized carbons (Fsp3) is 0.267. The van der Waals surface area contributed by atoms with Crippen LogP contribution in [0.4, 0.5) is 5.69 Å². The van der Waals surface area contributed by atoms with Crippen molar-refractivity contribution >= 4 is 34.5 Å². The highest BCUT2D eigenvalue weighted by molar-refractivity contribution is 7.07. The summed E-state index contributed by atoms with van der Waals surface area (Å²) in [6, 6.07) is 5.92. The summed E-state index contributed by atoms with van der Waals surface area (Å²) in [4.78, 5) is 11.9. The molecule has 1 amide bonds. The minimum absolute atomic E-state index is 0.0000491. The van der Waals surface area contributed by atoms with Gasteiger partial charge < -0.3 is 5.32 Å². The number of hydrogen-bond donors (Lipinski definition) is 1. The van der Waals surface area contributed by atoms with Gasteiger partial charge in [-0.25, -0.2) is 0 Å². The van der Waals surface area contributed by atoms with Crippen LogP contribution in [-0.4, -0.2) is 5.91 Å². The van der Waals surface area contributed by atoms with Gasteiger partial charge in [0.1, 0.15) is 0 Å². The van der Waals surface area contributed by atoms with Crippen LogP contribution in [0.15, 0.2) is 29.0 Å². The zero-order valence-corrected chi connectivity index (χ0v) is 12.6. The smallest absolute Gasteiger partial charge is 0.224 e. The van der Waals surface area contributed by atoms with Crippen molar-refractivity contribution < 1.29 is 4.79 Å². The van der Waals surface area contributed by atoms with E-state index in [0.717, 1.165) is 23.2 Å². The molecular formula is C15H16ClNOS. The lowest BCUT2D eigenvalue weighted by molar-refractivity contribution is -0.116. The van der Waals surface area contributed by atoms with Crippen molar-refractivity contribution in [2.75, 3.05) is 5.32 Å². The van der Waals surface area contributed by atoms with Crippen molar-refractivity contribution in [2.24, 2.45) is 0 Å². The second-order valence-corrected chi connectivity index (χ2v) is 5.81. The van der Waals surface area contributed by atoms with Gasteiger partial charge >= 0.3 is 0 Å². The van der Waals surface area contributed by atoms with Gasteiger partial charge in [-0.2, -0.15) is 11.3 Å². The molecule has 2 rings (SSSR count). The maximum absolute atomic E-state index is 11.9. The zero-order chi connectivity index (χ0) is 13.8. The summed E-state index contributed by atoms with van der Waals surface area (Å²) in [6.45, 7) is 3.94. The summed E-state index contributed by atoms with van der Waals surface area (Å²) in [5, 5.41) is 7.59. The molecule has 19 heavy (non-hydrogen) atoms. The van der Waals surface area contributed by atoms with E-state index in [1.165, 1.54) is 5.56 Å². The Hall–Kier alpha value is -1.32. The van der Waals surface area contributed by atoms with E-state index in [4.69, 9.17) is 11.6 Å². The maximum Gasteiger partial charge on any atom is 0.224 e. The Morgan fingerprint density at radius 1 is 1.37 bits per heavy atom. The molecule has 0 aliphatic heterocycles. The average molecular weight is 294 g/mol. The van der Waals surface area contributed by atoms with Gasteiger partial charge in [0.05, 0.1) is 10.7 Å². The molecule has 1 heterocycles. The molecule has 1 N–H and O–H groups in total. The molecule has 0 atom stereocenters. The number of benzene rings is 1. The predicted octanol–water partition coefficient (Wildman–Crippen LogP) is 4.59. The molecule has 2 aromatic rings. The van der Waals surface area contributed by atoms with Gasteiger partial charge in [0, 0.05) is 6.42 Å². The number of aryl methyl sites for hydroxylation is 3. The summed E-state index contributed by atoms with van der Waals surface area (Å²) in [5.74, 6) is 0.0000491. The fourth-order valence-corrected chi connectivity index (χ4v) is 3.04. The van der Waals surface area contributed by atoms with E-state index in [-0.39, 0.29) is 5.91 Å². The van der Waals surface area contributed by atoms with Crippen LogP contribution in [-0.2, 0) is 11.2 Å². The van der Waals surface area contributed by atoms with Crippen molar-refractivity contribution in [3.05, 3.63) is 50.7 Å². The Morgan fingerprint density at radius 3 is 2.79 bits per heavy atom. The van der Waals surface area contributed by atoms with Gasteiger partial charge in [0.2, 0.25) is 5.91 Å². The number of carbonyl (C=O) groups is 1. The normalized spacial score (nSPS) is 10.5. The molecule has 0 radical (unpaired) electrons. The van der Waals surface area contributed by atoms with Crippen molar-refractivity contribution in [1.29, 1.82) is 0 Å². The van der Waals surface area contributed by atoms with E-state index in [2.05, 4.69) is 10.7 Å². The van der Waals surface area contributed by atoms with Crippen LogP contribution in [0.2, 0.25) is 5.02 Å². The van der Waals surface area contributed by atoms with Gasteiger partial charge in [-0.1, -0.05) is 17.7 Å². The largest absolute Gasteiger partial charge is 0.325 e. The van der Waals surface area contributed by atoms with Gasteiger partial charge in [0.15, 0.2) is 0 Å². The number of carbonyl (C=O) groups excluding carboxylic acids is 1. The molecule has 0 spiro atoms. The monoisotopic (exact) mass is 293 g/mol. The van der Waals surface area contributed by atoms with Crippen LogP contribution in [0.3, 0.4) is 0 Å². The van der Waals surface area contributed by atoms with Crippen LogP contribution >= 0.6 is 22.9 Å². The number of thiophene rings is 1. The van der Waals surface area contributed by atoms with Gasteiger partial charge in [-0.3, -0.25) is 4.79 Å². The van der Waals surface area contributed by atoms with Crippen LogP contribution in [0.25, 0.3) is 0 Å². The van der Waals surface area contributed by atoms with Crippen LogP contribution < -0.4 is 5.32 Å². The number of hydrogen-bond acceptors (Lipinski definition) is 2. The fourth-order valence-electron chi connectivity index (χ4n) is 1.97. The number of nitrogens with one attached hydrogen (secondary N) is 1. The van der Waals surface area contributed by atoms with Gasteiger partial charge in [0.25, 0.3) is 0 Å². The molecule has 0 fully saturated rings. The first kappa shape index (κ1) is 14.1. The lowest BCUT2D eigenvalue weighted by Gasteiger charge is -2.11. The SMILES string of the molecule is Cc1cc(C)c(NC(=O)CCc2ccsc2)c(Cl)c1. The minimum Gasteiger partial charge on any atom is -0.325 e. The Kier molecular flexibility index (Phi) is 4.61. The molecular weight excluding hydrogens is 278 g/mol. The van der Waals surface area contributed by atoms with Crippen molar-refractivity contribution in [3.63, 3.8) is 0 Å². The molecule has 0 saturated heterocycles. The summed E-state index contributed by atoms with van der Waals surface area (Å²) in [7, 11) is 0. The highest BCUT2D eigenvalue weighted by Gasteiger charge is 2.09. The van der Waals surface area contributed by atoms with E-state index in [9.17, 15) is 4.79 Å². The number of rotatable bonds is 4. The lowest BCUT2D eigenvalue weighted by Crippen LogP contribution is -2.13. The Labute approximate surface area is 122 Å². The highest BCUT2D eigenvalue weighted by atomic mass is 35.5. The Balaban J connectivity index is 1.99. The van der Waals surface area contributed by atoms with E-state index < -0.39 is 0 Å². The third-order valence-corrected chi connectivity index (χ3v) is 3.95. The first-order valence-corrected chi connectivity index (χ1v) is 7.46. The predicted molar refractivity (Wildman–Crippen MR) is 82.2 cm³/mol. The van der Waals surface area contributed by atoms with Crippen molar-refractivity contribution in [2.45, 2.75) is 26.7 Å². The Bertz CT molecular complexity index is 555. The molecule has 0 aliphatic carbocycles. The van der Waals surface area contributed by atoms with Gasteiger partial charge in [-0.05, 0) is 59.9 Å². The van der Waals surface area contributed by atoms with Crippen LogP contribution in [0, 0.1) is 13.8 Å². The number of amides is 1.